The fraction of sp³-hybridized carbons (Fsp3) is 0.235. The number of nitrogens with one attached hydrogen (secondary N) is 1. The van der Waals surface area contributed by atoms with Crippen molar-refractivity contribution in [2.45, 2.75) is 19.4 Å². The van der Waals surface area contributed by atoms with Gasteiger partial charge in [0.25, 0.3) is 5.91 Å². The van der Waals surface area contributed by atoms with Gasteiger partial charge in [0.05, 0.1) is 7.11 Å². The number of benzene rings is 2. The molecule has 22 heavy (non-hydrogen) atoms. The zero-order chi connectivity index (χ0) is 15.9. The van der Waals surface area contributed by atoms with Crippen molar-refractivity contribution < 1.29 is 14.3 Å². The van der Waals surface area contributed by atoms with E-state index in [0.717, 1.165) is 5.75 Å². The van der Waals surface area contributed by atoms with Crippen molar-refractivity contribution in [1.29, 1.82) is 0 Å². The predicted molar refractivity (Wildman–Crippen MR) is 87.8 cm³/mol. The third-order valence-electron chi connectivity index (χ3n) is 3.11. The molecular weight excluding hydrogens is 302 g/mol. The largest absolute Gasteiger partial charge is 0.497 e. The molecule has 1 N–H and O–H groups in total. The molecule has 0 aliphatic rings. The van der Waals surface area contributed by atoms with Crippen LogP contribution in [0.4, 0.5) is 5.69 Å². The molecule has 0 unspecified atom stereocenters. The van der Waals surface area contributed by atoms with Gasteiger partial charge in [-0.25, -0.2) is 0 Å². The number of anilines is 1. The summed E-state index contributed by atoms with van der Waals surface area (Å²) in [7, 11) is 1.60. The number of halogens is 1. The lowest BCUT2D eigenvalue weighted by Gasteiger charge is -2.17. The third kappa shape index (κ3) is 4.40. The van der Waals surface area contributed by atoms with Gasteiger partial charge >= 0.3 is 0 Å². The molecule has 116 valence electrons. The lowest BCUT2D eigenvalue weighted by molar-refractivity contribution is -0.122. The Morgan fingerprint density at radius 2 is 1.68 bits per heavy atom. The minimum Gasteiger partial charge on any atom is -0.497 e. The van der Waals surface area contributed by atoms with Crippen molar-refractivity contribution in [2.75, 3.05) is 12.4 Å². The minimum atomic E-state index is -0.566. The summed E-state index contributed by atoms with van der Waals surface area (Å²) < 4.78 is 10.8. The standard InChI is InChI=1S/C17H18ClNO3/c1-3-16(22-15-8-4-12(18)5-9-15)17(20)19-13-6-10-14(21-2)11-7-13/h4-11,16H,3H2,1-2H3,(H,19,20)/t16-/m0/s1. The Bertz CT molecular complexity index is 611. The van der Waals surface area contributed by atoms with Crippen LogP contribution in [0.25, 0.3) is 0 Å². The number of carbonyl (C=O) groups is 1. The Labute approximate surface area is 135 Å². The zero-order valence-corrected chi connectivity index (χ0v) is 13.3. The van der Waals surface area contributed by atoms with Gasteiger partial charge in [-0.05, 0) is 55.0 Å². The number of carbonyl (C=O) groups excluding carboxylic acids is 1. The van der Waals surface area contributed by atoms with Crippen molar-refractivity contribution in [2.24, 2.45) is 0 Å². The number of hydrogen-bond acceptors (Lipinski definition) is 3. The van der Waals surface area contributed by atoms with E-state index in [1.165, 1.54) is 0 Å². The number of amides is 1. The summed E-state index contributed by atoms with van der Waals surface area (Å²) in [6.45, 7) is 1.90. The van der Waals surface area contributed by atoms with Gasteiger partial charge in [-0.1, -0.05) is 18.5 Å². The molecule has 2 aromatic carbocycles. The van der Waals surface area contributed by atoms with E-state index in [0.29, 0.717) is 22.9 Å². The molecule has 0 heterocycles. The van der Waals surface area contributed by atoms with Gasteiger partial charge < -0.3 is 14.8 Å². The molecule has 0 spiro atoms. The summed E-state index contributed by atoms with van der Waals surface area (Å²) in [5.74, 6) is 1.16. The van der Waals surface area contributed by atoms with Crippen molar-refractivity contribution in [3.8, 4) is 11.5 Å². The van der Waals surface area contributed by atoms with Crippen LogP contribution in [-0.2, 0) is 4.79 Å². The molecule has 0 fully saturated rings. The first kappa shape index (κ1) is 16.2. The predicted octanol–water partition coefficient (Wildman–Crippen LogP) is 4.14. The molecule has 0 radical (unpaired) electrons. The van der Waals surface area contributed by atoms with Crippen molar-refractivity contribution in [1.82, 2.24) is 0 Å². The Hall–Kier alpha value is -2.20. The average Bonchev–Trinajstić information content (AvgIpc) is 2.55. The second-order valence-electron chi connectivity index (χ2n) is 4.69. The van der Waals surface area contributed by atoms with Gasteiger partial charge in [-0.15, -0.1) is 0 Å². The maximum absolute atomic E-state index is 12.3. The first-order chi connectivity index (χ1) is 10.6. The van der Waals surface area contributed by atoms with Crippen LogP contribution in [0.15, 0.2) is 48.5 Å². The number of rotatable bonds is 6. The normalized spacial score (nSPS) is 11.6. The Morgan fingerprint density at radius 3 is 2.23 bits per heavy atom. The minimum absolute atomic E-state index is 0.192. The maximum atomic E-state index is 12.3. The monoisotopic (exact) mass is 319 g/mol. The fourth-order valence-corrected chi connectivity index (χ4v) is 2.02. The number of ether oxygens (including phenoxy) is 2. The van der Waals surface area contributed by atoms with Gasteiger partial charge in [-0.2, -0.15) is 0 Å². The maximum Gasteiger partial charge on any atom is 0.265 e. The van der Waals surface area contributed by atoms with Crippen LogP contribution in [0.5, 0.6) is 11.5 Å². The van der Waals surface area contributed by atoms with Gasteiger partial charge in [0.15, 0.2) is 6.10 Å². The summed E-state index contributed by atoms with van der Waals surface area (Å²) in [5.41, 5.74) is 0.698. The highest BCUT2D eigenvalue weighted by molar-refractivity contribution is 6.30. The molecule has 0 aliphatic carbocycles. The zero-order valence-electron chi connectivity index (χ0n) is 12.5. The molecule has 0 saturated carbocycles. The second kappa shape index (κ2) is 7.71. The van der Waals surface area contributed by atoms with Crippen LogP contribution in [0, 0.1) is 0 Å². The van der Waals surface area contributed by atoms with Crippen LogP contribution < -0.4 is 14.8 Å². The summed E-state index contributed by atoms with van der Waals surface area (Å²) in [6, 6.07) is 14.1. The van der Waals surface area contributed by atoms with E-state index < -0.39 is 6.10 Å². The molecular formula is C17H18ClNO3. The van der Waals surface area contributed by atoms with Crippen LogP contribution >= 0.6 is 11.6 Å². The molecule has 2 aromatic rings. The quantitative estimate of drug-likeness (QED) is 0.870. The number of methoxy groups -OCH3 is 1. The summed E-state index contributed by atoms with van der Waals surface area (Å²) in [4.78, 5) is 12.3. The second-order valence-corrected chi connectivity index (χ2v) is 5.12. The molecule has 0 bridgehead atoms. The van der Waals surface area contributed by atoms with E-state index in [4.69, 9.17) is 21.1 Å². The Kier molecular flexibility index (Phi) is 5.67. The molecule has 2 rings (SSSR count). The van der Waals surface area contributed by atoms with E-state index in [1.54, 1.807) is 55.6 Å². The fourth-order valence-electron chi connectivity index (χ4n) is 1.90. The van der Waals surface area contributed by atoms with Crippen molar-refractivity contribution >= 4 is 23.2 Å². The van der Waals surface area contributed by atoms with Gasteiger partial charge in [-0.3, -0.25) is 4.79 Å². The highest BCUT2D eigenvalue weighted by atomic mass is 35.5. The first-order valence-electron chi connectivity index (χ1n) is 6.99. The summed E-state index contributed by atoms with van der Waals surface area (Å²) >= 11 is 5.83. The lowest BCUT2D eigenvalue weighted by Crippen LogP contribution is -2.32. The van der Waals surface area contributed by atoms with Crippen LogP contribution in [0.2, 0.25) is 5.02 Å². The third-order valence-corrected chi connectivity index (χ3v) is 3.36. The van der Waals surface area contributed by atoms with E-state index in [2.05, 4.69) is 5.32 Å². The van der Waals surface area contributed by atoms with Gasteiger partial charge in [0.2, 0.25) is 0 Å². The molecule has 4 nitrogen and oxygen atoms in total. The molecule has 5 heteroatoms. The van der Waals surface area contributed by atoms with E-state index in [1.807, 2.05) is 6.92 Å². The Morgan fingerprint density at radius 1 is 1.09 bits per heavy atom. The van der Waals surface area contributed by atoms with Crippen molar-refractivity contribution in [3.05, 3.63) is 53.6 Å². The SMILES string of the molecule is CC[C@H](Oc1ccc(Cl)cc1)C(=O)Nc1ccc(OC)cc1. The first-order valence-corrected chi connectivity index (χ1v) is 7.37. The van der Waals surface area contributed by atoms with Crippen LogP contribution in [0.3, 0.4) is 0 Å². The molecule has 1 amide bonds. The van der Waals surface area contributed by atoms with Crippen LogP contribution in [-0.4, -0.2) is 19.1 Å². The highest BCUT2D eigenvalue weighted by Crippen LogP contribution is 2.19. The average molecular weight is 320 g/mol. The van der Waals surface area contributed by atoms with Crippen molar-refractivity contribution in [3.63, 3.8) is 0 Å². The van der Waals surface area contributed by atoms with Gasteiger partial charge in [0.1, 0.15) is 11.5 Å². The summed E-state index contributed by atoms with van der Waals surface area (Å²) in [6.07, 6.45) is -0.00628. The van der Waals surface area contributed by atoms with E-state index in [9.17, 15) is 4.79 Å². The molecule has 0 aromatic heterocycles. The molecule has 0 saturated heterocycles. The van der Waals surface area contributed by atoms with E-state index >= 15 is 0 Å². The molecule has 1 atom stereocenters. The summed E-state index contributed by atoms with van der Waals surface area (Å²) in [5, 5.41) is 3.46. The lowest BCUT2D eigenvalue weighted by atomic mass is 10.2. The van der Waals surface area contributed by atoms with Gasteiger partial charge in [0, 0.05) is 10.7 Å². The van der Waals surface area contributed by atoms with E-state index in [-0.39, 0.29) is 5.91 Å². The highest BCUT2D eigenvalue weighted by Gasteiger charge is 2.18. The molecule has 0 aliphatic heterocycles. The Balaban J connectivity index is 1.99. The number of hydrogen-bond donors (Lipinski definition) is 1. The van der Waals surface area contributed by atoms with Crippen LogP contribution in [0.1, 0.15) is 13.3 Å². The topological polar surface area (TPSA) is 47.6 Å². The smallest absolute Gasteiger partial charge is 0.265 e.